The van der Waals surface area contributed by atoms with Crippen LogP contribution in [0.3, 0.4) is 0 Å². The molecule has 1 saturated carbocycles. The molecule has 74 valence electrons. The van der Waals surface area contributed by atoms with Crippen molar-refractivity contribution >= 4 is 11.8 Å². The van der Waals surface area contributed by atoms with E-state index in [1.54, 1.807) is 18.1 Å². The minimum Gasteiger partial charge on any atom is -0.312 e. The second-order valence-corrected chi connectivity index (χ2v) is 4.79. The van der Waals surface area contributed by atoms with Gasteiger partial charge in [-0.15, -0.1) is 10.2 Å². The van der Waals surface area contributed by atoms with Crippen LogP contribution in [0.15, 0.2) is 11.5 Å². The molecule has 0 spiro atoms. The van der Waals surface area contributed by atoms with Crippen molar-refractivity contribution in [2.45, 2.75) is 24.4 Å². The van der Waals surface area contributed by atoms with E-state index in [0.717, 1.165) is 10.9 Å². The minimum absolute atomic E-state index is 0.283. The second-order valence-electron chi connectivity index (χ2n) is 3.85. The molecule has 0 N–H and O–H groups in total. The van der Waals surface area contributed by atoms with Crippen molar-refractivity contribution in [3.05, 3.63) is 6.33 Å². The highest BCUT2D eigenvalue weighted by Gasteiger charge is 2.42. The summed E-state index contributed by atoms with van der Waals surface area (Å²) in [5.41, 5.74) is 0.283. The summed E-state index contributed by atoms with van der Waals surface area (Å²) in [6.45, 7) is 0. The van der Waals surface area contributed by atoms with Gasteiger partial charge in [0.1, 0.15) is 6.33 Å². The van der Waals surface area contributed by atoms with Crippen LogP contribution in [0.5, 0.6) is 0 Å². The van der Waals surface area contributed by atoms with Crippen molar-refractivity contribution in [1.82, 2.24) is 14.8 Å². The van der Waals surface area contributed by atoms with Crippen LogP contribution in [0.25, 0.3) is 0 Å². The molecular weight excluding hydrogens is 196 g/mol. The summed E-state index contributed by atoms with van der Waals surface area (Å²) in [5, 5.41) is 17.4. The van der Waals surface area contributed by atoms with E-state index in [0.29, 0.717) is 6.42 Å². The van der Waals surface area contributed by atoms with Gasteiger partial charge in [0.15, 0.2) is 5.16 Å². The largest absolute Gasteiger partial charge is 0.312 e. The Morgan fingerprint density at radius 2 is 2.50 bits per heavy atom. The first-order chi connectivity index (χ1) is 6.76. The lowest BCUT2D eigenvalue weighted by Crippen LogP contribution is -2.03. The summed E-state index contributed by atoms with van der Waals surface area (Å²) < 4.78 is 1.91. The first-order valence-corrected chi connectivity index (χ1v) is 5.58. The molecular formula is C9H12N4S. The first kappa shape index (κ1) is 9.53. The zero-order valence-electron chi connectivity index (χ0n) is 8.10. The van der Waals surface area contributed by atoms with Crippen LogP contribution in [0, 0.1) is 16.7 Å². The number of hydrogen-bond acceptors (Lipinski definition) is 4. The number of thioether (sulfide) groups is 1. The van der Waals surface area contributed by atoms with E-state index in [1.165, 1.54) is 12.8 Å². The van der Waals surface area contributed by atoms with Crippen LogP contribution >= 0.6 is 11.8 Å². The number of aryl methyl sites for hydroxylation is 1. The maximum absolute atomic E-state index is 8.66. The normalized spacial score (nSPS) is 17.7. The van der Waals surface area contributed by atoms with E-state index >= 15 is 0 Å². The maximum atomic E-state index is 8.66. The highest BCUT2D eigenvalue weighted by Crippen LogP contribution is 2.51. The summed E-state index contributed by atoms with van der Waals surface area (Å²) in [7, 11) is 1.94. The molecule has 0 radical (unpaired) electrons. The minimum atomic E-state index is 0.283. The summed E-state index contributed by atoms with van der Waals surface area (Å²) in [6, 6.07) is 2.26. The van der Waals surface area contributed by atoms with Gasteiger partial charge in [0.2, 0.25) is 0 Å². The standard InChI is InChI=1S/C9H12N4S/c1-13-7-11-12-8(13)14-6-9(2-3-9)4-5-10/h7H,2-4,6H2,1H3. The maximum Gasteiger partial charge on any atom is 0.190 e. The topological polar surface area (TPSA) is 54.5 Å². The van der Waals surface area contributed by atoms with Gasteiger partial charge in [0.25, 0.3) is 0 Å². The molecule has 0 bridgehead atoms. The molecule has 1 heterocycles. The molecule has 5 heteroatoms. The molecule has 1 aromatic heterocycles. The van der Waals surface area contributed by atoms with E-state index in [9.17, 15) is 0 Å². The van der Waals surface area contributed by atoms with E-state index < -0.39 is 0 Å². The number of nitrogens with zero attached hydrogens (tertiary/aromatic N) is 4. The Morgan fingerprint density at radius 3 is 3.00 bits per heavy atom. The highest BCUT2D eigenvalue weighted by molar-refractivity contribution is 7.99. The van der Waals surface area contributed by atoms with E-state index in [-0.39, 0.29) is 5.41 Å². The Bertz CT molecular complexity index is 361. The van der Waals surface area contributed by atoms with Gasteiger partial charge in [-0.2, -0.15) is 5.26 Å². The van der Waals surface area contributed by atoms with Crippen LogP contribution in [-0.2, 0) is 7.05 Å². The smallest absolute Gasteiger partial charge is 0.190 e. The van der Waals surface area contributed by atoms with E-state index in [4.69, 9.17) is 5.26 Å². The fourth-order valence-corrected chi connectivity index (χ4v) is 2.52. The van der Waals surface area contributed by atoms with Crippen LogP contribution in [0.4, 0.5) is 0 Å². The molecule has 0 aromatic carbocycles. The van der Waals surface area contributed by atoms with Crippen LogP contribution in [0.1, 0.15) is 19.3 Å². The van der Waals surface area contributed by atoms with Gasteiger partial charge in [0, 0.05) is 19.2 Å². The summed E-state index contributed by atoms with van der Waals surface area (Å²) in [5.74, 6) is 0.993. The quantitative estimate of drug-likeness (QED) is 0.705. The Labute approximate surface area is 87.3 Å². The molecule has 4 nitrogen and oxygen atoms in total. The summed E-state index contributed by atoms with van der Waals surface area (Å²) in [6.07, 6.45) is 4.75. The lowest BCUT2D eigenvalue weighted by molar-refractivity contribution is 0.602. The lowest BCUT2D eigenvalue weighted by atomic mass is 10.1. The summed E-state index contributed by atoms with van der Waals surface area (Å²) >= 11 is 1.70. The fraction of sp³-hybridized carbons (Fsp3) is 0.667. The fourth-order valence-electron chi connectivity index (χ4n) is 1.34. The molecule has 2 rings (SSSR count). The van der Waals surface area contributed by atoms with Gasteiger partial charge in [-0.1, -0.05) is 11.8 Å². The van der Waals surface area contributed by atoms with E-state index in [1.807, 2.05) is 11.6 Å². The van der Waals surface area contributed by atoms with Crippen molar-refractivity contribution in [3.8, 4) is 6.07 Å². The van der Waals surface area contributed by atoms with Crippen LogP contribution in [0.2, 0.25) is 0 Å². The molecule has 1 aliphatic rings. The molecule has 1 aromatic rings. The average molecular weight is 208 g/mol. The van der Waals surface area contributed by atoms with Crippen molar-refractivity contribution in [3.63, 3.8) is 0 Å². The molecule has 1 fully saturated rings. The van der Waals surface area contributed by atoms with Crippen molar-refractivity contribution in [2.75, 3.05) is 5.75 Å². The molecule has 1 aliphatic carbocycles. The van der Waals surface area contributed by atoms with Crippen LogP contribution < -0.4 is 0 Å². The Hall–Kier alpha value is -1.02. The van der Waals surface area contributed by atoms with Gasteiger partial charge in [-0.05, 0) is 18.3 Å². The lowest BCUT2D eigenvalue weighted by Gasteiger charge is -2.08. The van der Waals surface area contributed by atoms with Gasteiger partial charge < -0.3 is 4.57 Å². The zero-order valence-corrected chi connectivity index (χ0v) is 8.92. The first-order valence-electron chi connectivity index (χ1n) is 4.59. The molecule has 14 heavy (non-hydrogen) atoms. The van der Waals surface area contributed by atoms with Crippen molar-refractivity contribution < 1.29 is 0 Å². The predicted octanol–water partition coefficient (Wildman–Crippen LogP) is 1.60. The monoisotopic (exact) mass is 208 g/mol. The van der Waals surface area contributed by atoms with Gasteiger partial charge >= 0.3 is 0 Å². The Morgan fingerprint density at radius 1 is 1.71 bits per heavy atom. The molecule has 0 aliphatic heterocycles. The Kier molecular flexibility index (Phi) is 2.46. The number of nitriles is 1. The third-order valence-electron chi connectivity index (χ3n) is 2.59. The molecule has 0 unspecified atom stereocenters. The number of hydrogen-bond donors (Lipinski definition) is 0. The third kappa shape index (κ3) is 1.90. The van der Waals surface area contributed by atoms with E-state index in [2.05, 4.69) is 16.3 Å². The third-order valence-corrected chi connectivity index (χ3v) is 3.97. The molecule has 0 amide bonds. The number of aromatic nitrogens is 3. The van der Waals surface area contributed by atoms with Gasteiger partial charge in [-0.3, -0.25) is 0 Å². The Balaban J connectivity index is 1.89. The SMILES string of the molecule is Cn1cnnc1SCC1(CC#N)CC1. The highest BCUT2D eigenvalue weighted by atomic mass is 32.2. The van der Waals surface area contributed by atoms with Crippen molar-refractivity contribution in [2.24, 2.45) is 12.5 Å². The average Bonchev–Trinajstić information content (AvgIpc) is 2.81. The van der Waals surface area contributed by atoms with Crippen LogP contribution in [-0.4, -0.2) is 20.5 Å². The zero-order chi connectivity index (χ0) is 10.0. The molecule has 0 atom stereocenters. The predicted molar refractivity (Wildman–Crippen MR) is 53.6 cm³/mol. The second kappa shape index (κ2) is 3.62. The van der Waals surface area contributed by atoms with Gasteiger partial charge in [-0.25, -0.2) is 0 Å². The number of rotatable bonds is 4. The van der Waals surface area contributed by atoms with Crippen molar-refractivity contribution in [1.29, 1.82) is 5.26 Å². The summed E-state index contributed by atoms with van der Waals surface area (Å²) in [4.78, 5) is 0. The van der Waals surface area contributed by atoms with Gasteiger partial charge in [0.05, 0.1) is 6.07 Å². The molecule has 0 saturated heterocycles.